The monoisotopic (exact) mass is 883 g/mol. The molecule has 0 atom stereocenters. The van der Waals surface area contributed by atoms with Gasteiger partial charge in [0, 0.05) is 17.6 Å². The van der Waals surface area contributed by atoms with Crippen LogP contribution < -0.4 is 9.47 Å². The van der Waals surface area contributed by atoms with Crippen molar-refractivity contribution in [1.29, 1.82) is 0 Å². The van der Waals surface area contributed by atoms with E-state index in [1.54, 1.807) is 0 Å². The highest BCUT2D eigenvalue weighted by Crippen LogP contribution is 2.56. The number of carbonyl (C=O) groups is 2. The number of hydrogen-bond donors (Lipinski definition) is 0. The van der Waals surface area contributed by atoms with Gasteiger partial charge in [0.1, 0.15) is 11.5 Å². The van der Waals surface area contributed by atoms with Gasteiger partial charge in [-0.2, -0.15) is 0 Å². The van der Waals surface area contributed by atoms with Crippen molar-refractivity contribution in [2.45, 2.75) is 161 Å². The quantitative estimate of drug-likeness (QED) is 0.0264. The number of carbonyl (C=O) groups excluding carboxylic acids is 2. The predicted molar refractivity (Wildman–Crippen MR) is 270 cm³/mol. The van der Waals surface area contributed by atoms with E-state index in [1.165, 1.54) is 147 Å². The van der Waals surface area contributed by atoms with E-state index in [1.807, 2.05) is 0 Å². The Kier molecular flexibility index (Phi) is 22.5. The second-order valence-corrected chi connectivity index (χ2v) is 18.0. The molecule has 6 heteroatoms. The summed E-state index contributed by atoms with van der Waals surface area (Å²) in [7, 11) is 0. The molecule has 1 aliphatic rings. The molecule has 0 spiro atoms. The molecule has 1 aliphatic carbocycles. The third-order valence-corrected chi connectivity index (χ3v) is 13.1. The first-order valence-corrected chi connectivity index (χ1v) is 25.3. The minimum atomic E-state index is -0.356. The maximum atomic E-state index is 11.2. The van der Waals surface area contributed by atoms with Crippen molar-refractivity contribution in [3.63, 3.8) is 0 Å². The van der Waals surface area contributed by atoms with E-state index in [9.17, 15) is 9.59 Å². The summed E-state index contributed by atoms with van der Waals surface area (Å²) in [5, 5.41) is 0. The smallest absolute Gasteiger partial charge is 0.330 e. The summed E-state index contributed by atoms with van der Waals surface area (Å²) >= 11 is 0. The summed E-state index contributed by atoms with van der Waals surface area (Å²) in [5.74, 6) is 1.08. The van der Waals surface area contributed by atoms with Gasteiger partial charge in [-0.15, -0.1) is 0 Å². The first kappa shape index (κ1) is 50.9. The van der Waals surface area contributed by atoms with Gasteiger partial charge in [0.2, 0.25) is 0 Å². The van der Waals surface area contributed by atoms with E-state index in [4.69, 9.17) is 18.9 Å². The maximum absolute atomic E-state index is 11.2. The highest BCUT2D eigenvalue weighted by atomic mass is 16.5. The third kappa shape index (κ3) is 16.1. The van der Waals surface area contributed by atoms with Gasteiger partial charge in [-0.3, -0.25) is 0 Å². The molecule has 0 heterocycles. The molecule has 0 bridgehead atoms. The molecule has 0 radical (unpaired) electrons. The molecule has 350 valence electrons. The Bertz CT molecular complexity index is 1880. The Balaban J connectivity index is 1.32. The topological polar surface area (TPSA) is 71.1 Å². The van der Waals surface area contributed by atoms with E-state index in [2.05, 4.69) is 112 Å². The summed E-state index contributed by atoms with van der Waals surface area (Å²) in [6.07, 6.45) is 27.9. The second-order valence-electron chi connectivity index (χ2n) is 18.0. The standard InChI is InChI=1S/C59H78O6/c1-5-9-11-13-15-21-39-59(40-22-16-14-12-10-6-2)55-45-49(47-27-33-51(34-28-47)62-41-23-17-19-25-43-64-57(60)7-3)31-37-53(55)54-38-32-50(46-56(54)59)48-29-35-52(36-30-48)63-42-24-18-20-26-44-65-58(61)8-4/h7-8,27-38,45-46H,3-6,9-26,39-44H2,1-2H3. The van der Waals surface area contributed by atoms with Gasteiger partial charge >= 0.3 is 11.9 Å². The Morgan fingerprint density at radius 2 is 0.769 bits per heavy atom. The highest BCUT2D eigenvalue weighted by Gasteiger charge is 2.42. The molecule has 0 saturated heterocycles. The van der Waals surface area contributed by atoms with Crippen LogP contribution in [0, 0.1) is 0 Å². The van der Waals surface area contributed by atoms with Crippen molar-refractivity contribution in [1.82, 2.24) is 0 Å². The van der Waals surface area contributed by atoms with Gasteiger partial charge in [0.05, 0.1) is 26.4 Å². The molecule has 0 aromatic heterocycles. The lowest BCUT2D eigenvalue weighted by molar-refractivity contribution is -0.138. The number of benzene rings is 4. The molecule has 5 rings (SSSR count). The zero-order valence-electron chi connectivity index (χ0n) is 40.0. The van der Waals surface area contributed by atoms with Gasteiger partial charge in [-0.05, 0) is 145 Å². The fourth-order valence-corrected chi connectivity index (χ4v) is 9.38. The van der Waals surface area contributed by atoms with Crippen LogP contribution in [0.25, 0.3) is 33.4 Å². The van der Waals surface area contributed by atoms with Crippen LogP contribution in [-0.4, -0.2) is 38.4 Å². The van der Waals surface area contributed by atoms with Crippen LogP contribution in [-0.2, 0) is 24.5 Å². The molecule has 0 fully saturated rings. The summed E-state index contributed by atoms with van der Waals surface area (Å²) in [5.41, 5.74) is 10.7. The number of esters is 2. The Hall–Kier alpha value is -5.10. The lowest BCUT2D eigenvalue weighted by Gasteiger charge is -2.33. The van der Waals surface area contributed by atoms with Crippen LogP contribution in [0.15, 0.2) is 110 Å². The molecule has 0 aliphatic heterocycles. The van der Waals surface area contributed by atoms with Gasteiger partial charge in [0.15, 0.2) is 0 Å². The molecule has 6 nitrogen and oxygen atoms in total. The Morgan fingerprint density at radius 1 is 0.431 bits per heavy atom. The van der Waals surface area contributed by atoms with Crippen LogP contribution in [0.5, 0.6) is 11.5 Å². The molecule has 4 aromatic carbocycles. The molecule has 0 saturated carbocycles. The maximum Gasteiger partial charge on any atom is 0.330 e. The van der Waals surface area contributed by atoms with E-state index in [0.29, 0.717) is 26.4 Å². The van der Waals surface area contributed by atoms with Crippen LogP contribution in [0.1, 0.15) is 166 Å². The second kappa shape index (κ2) is 28.7. The summed E-state index contributed by atoms with van der Waals surface area (Å²) in [4.78, 5) is 22.5. The van der Waals surface area contributed by atoms with Crippen LogP contribution in [0.3, 0.4) is 0 Å². The molecule has 4 aromatic rings. The Labute approximate surface area is 392 Å². The summed E-state index contributed by atoms with van der Waals surface area (Å²) < 4.78 is 22.5. The van der Waals surface area contributed by atoms with Gasteiger partial charge in [-0.25, -0.2) is 9.59 Å². The van der Waals surface area contributed by atoms with Crippen LogP contribution in [0.4, 0.5) is 0 Å². The Morgan fingerprint density at radius 3 is 1.15 bits per heavy atom. The zero-order valence-corrected chi connectivity index (χ0v) is 40.0. The number of ether oxygens (including phenoxy) is 4. The minimum Gasteiger partial charge on any atom is -0.494 e. The normalized spacial score (nSPS) is 12.3. The molecular weight excluding hydrogens is 805 g/mol. The molecule has 0 N–H and O–H groups in total. The van der Waals surface area contributed by atoms with Crippen molar-refractivity contribution in [2.24, 2.45) is 0 Å². The van der Waals surface area contributed by atoms with Crippen molar-refractivity contribution in [2.75, 3.05) is 26.4 Å². The third-order valence-electron chi connectivity index (χ3n) is 13.1. The zero-order chi connectivity index (χ0) is 46.0. The van der Waals surface area contributed by atoms with Crippen LogP contribution in [0.2, 0.25) is 0 Å². The largest absolute Gasteiger partial charge is 0.494 e. The average molecular weight is 883 g/mol. The number of hydrogen-bond acceptors (Lipinski definition) is 6. The number of rotatable bonds is 34. The lowest BCUT2D eigenvalue weighted by atomic mass is 9.70. The summed E-state index contributed by atoms with van der Waals surface area (Å²) in [6.45, 7) is 13.7. The predicted octanol–water partition coefficient (Wildman–Crippen LogP) is 16.1. The van der Waals surface area contributed by atoms with E-state index >= 15 is 0 Å². The van der Waals surface area contributed by atoms with Crippen molar-refractivity contribution in [3.05, 3.63) is 121 Å². The van der Waals surface area contributed by atoms with Crippen molar-refractivity contribution >= 4 is 11.9 Å². The summed E-state index contributed by atoms with van der Waals surface area (Å²) in [6, 6.07) is 31.8. The van der Waals surface area contributed by atoms with E-state index in [-0.39, 0.29) is 17.4 Å². The lowest BCUT2D eigenvalue weighted by Crippen LogP contribution is -2.25. The van der Waals surface area contributed by atoms with Crippen molar-refractivity contribution < 1.29 is 28.5 Å². The fraction of sp³-hybridized carbons (Fsp3) is 0.492. The first-order valence-electron chi connectivity index (χ1n) is 25.3. The van der Waals surface area contributed by atoms with E-state index in [0.717, 1.165) is 62.9 Å². The highest BCUT2D eigenvalue weighted by molar-refractivity contribution is 5.86. The molecular formula is C59H78O6. The van der Waals surface area contributed by atoms with Crippen molar-refractivity contribution in [3.8, 4) is 44.9 Å². The SMILES string of the molecule is C=CC(=O)OCCCCCCOc1ccc(-c2ccc3c(c2)C(CCCCCCCC)(CCCCCCCC)c2cc(-c4ccc(OCCCCCCOC(=O)C=C)cc4)ccc2-3)cc1. The van der Waals surface area contributed by atoms with Crippen LogP contribution >= 0.6 is 0 Å². The van der Waals surface area contributed by atoms with Gasteiger partial charge in [-0.1, -0.05) is 153 Å². The number of fused-ring (bicyclic) bond motifs is 3. The minimum absolute atomic E-state index is 0.0427. The van der Waals surface area contributed by atoms with Gasteiger partial charge in [0.25, 0.3) is 0 Å². The average Bonchev–Trinajstić information content (AvgIpc) is 3.60. The van der Waals surface area contributed by atoms with E-state index < -0.39 is 0 Å². The number of unbranched alkanes of at least 4 members (excludes halogenated alkanes) is 16. The fourth-order valence-electron chi connectivity index (χ4n) is 9.38. The molecule has 65 heavy (non-hydrogen) atoms. The van der Waals surface area contributed by atoms with Gasteiger partial charge < -0.3 is 18.9 Å². The molecule has 0 unspecified atom stereocenters. The molecule has 0 amide bonds. The first-order chi connectivity index (χ1) is 31.9.